The Labute approximate surface area is 162 Å². The van der Waals surface area contributed by atoms with Gasteiger partial charge in [0.05, 0.1) is 30.0 Å². The summed E-state index contributed by atoms with van der Waals surface area (Å²) in [6.07, 6.45) is 3.35. The van der Waals surface area contributed by atoms with Crippen LogP contribution in [0.4, 0.5) is 4.39 Å². The van der Waals surface area contributed by atoms with Gasteiger partial charge in [-0.1, -0.05) is 0 Å². The summed E-state index contributed by atoms with van der Waals surface area (Å²) in [6.45, 7) is 4.44. The number of aromatic nitrogens is 2. The van der Waals surface area contributed by atoms with E-state index < -0.39 is 5.82 Å². The van der Waals surface area contributed by atoms with E-state index in [-0.39, 0.29) is 5.91 Å². The third-order valence-electron chi connectivity index (χ3n) is 4.81. The number of carbonyl (C=O) groups is 1. The fourth-order valence-corrected chi connectivity index (χ4v) is 3.30. The van der Waals surface area contributed by atoms with Crippen molar-refractivity contribution in [2.45, 2.75) is 0 Å². The van der Waals surface area contributed by atoms with Crippen LogP contribution in [0.25, 0.3) is 22.2 Å². The predicted octanol–water partition coefficient (Wildman–Crippen LogP) is 2.50. The molecular formula is C21H21FN4O2. The van der Waals surface area contributed by atoms with Crippen LogP contribution in [0.3, 0.4) is 0 Å². The average molecular weight is 380 g/mol. The van der Waals surface area contributed by atoms with Gasteiger partial charge in [0.15, 0.2) is 0 Å². The Balaban J connectivity index is 1.60. The van der Waals surface area contributed by atoms with Crippen LogP contribution in [-0.4, -0.2) is 60.2 Å². The Kier molecular flexibility index (Phi) is 5.55. The molecule has 6 nitrogen and oxygen atoms in total. The van der Waals surface area contributed by atoms with Crippen LogP contribution in [0.5, 0.6) is 0 Å². The highest BCUT2D eigenvalue weighted by Crippen LogP contribution is 2.25. The van der Waals surface area contributed by atoms with E-state index in [0.29, 0.717) is 28.7 Å². The van der Waals surface area contributed by atoms with Crippen molar-refractivity contribution < 1.29 is 13.9 Å². The highest BCUT2D eigenvalue weighted by Gasteiger charge is 2.16. The largest absolute Gasteiger partial charge is 0.379 e. The maximum Gasteiger partial charge on any atom is 0.252 e. The molecule has 28 heavy (non-hydrogen) atoms. The Bertz CT molecular complexity index is 975. The molecule has 0 aliphatic carbocycles. The molecular weight excluding hydrogens is 359 g/mol. The Hall–Kier alpha value is -2.90. The van der Waals surface area contributed by atoms with Gasteiger partial charge < -0.3 is 10.1 Å². The first kappa shape index (κ1) is 18.5. The molecule has 3 heterocycles. The molecule has 7 heteroatoms. The summed E-state index contributed by atoms with van der Waals surface area (Å²) < 4.78 is 19.1. The molecule has 1 saturated heterocycles. The van der Waals surface area contributed by atoms with E-state index in [1.165, 1.54) is 12.1 Å². The van der Waals surface area contributed by atoms with Crippen LogP contribution in [0.15, 0.2) is 48.8 Å². The monoisotopic (exact) mass is 380 g/mol. The first-order valence-corrected chi connectivity index (χ1v) is 9.30. The van der Waals surface area contributed by atoms with Gasteiger partial charge in [0.1, 0.15) is 5.82 Å². The Morgan fingerprint density at radius 1 is 1.14 bits per heavy atom. The van der Waals surface area contributed by atoms with Gasteiger partial charge in [-0.15, -0.1) is 0 Å². The Morgan fingerprint density at radius 2 is 1.93 bits per heavy atom. The molecule has 1 aliphatic heterocycles. The van der Waals surface area contributed by atoms with E-state index in [0.717, 1.165) is 38.4 Å². The quantitative estimate of drug-likeness (QED) is 0.737. The molecule has 144 valence electrons. The molecule has 0 spiro atoms. The lowest BCUT2D eigenvalue weighted by Gasteiger charge is -2.26. The number of halogens is 1. The second kappa shape index (κ2) is 8.41. The van der Waals surface area contributed by atoms with Crippen molar-refractivity contribution in [2.75, 3.05) is 39.4 Å². The fourth-order valence-electron chi connectivity index (χ4n) is 3.30. The van der Waals surface area contributed by atoms with E-state index >= 15 is 0 Å². The topological polar surface area (TPSA) is 67.4 Å². The summed E-state index contributed by atoms with van der Waals surface area (Å²) in [6, 6.07) is 9.68. The highest BCUT2D eigenvalue weighted by atomic mass is 19.1. The van der Waals surface area contributed by atoms with Crippen molar-refractivity contribution in [1.82, 2.24) is 20.2 Å². The fraction of sp³-hybridized carbons (Fsp3) is 0.286. The summed E-state index contributed by atoms with van der Waals surface area (Å²) in [5.74, 6) is -0.630. The van der Waals surface area contributed by atoms with E-state index in [1.54, 1.807) is 24.5 Å². The number of pyridine rings is 2. The highest BCUT2D eigenvalue weighted by molar-refractivity contribution is 6.07. The summed E-state index contributed by atoms with van der Waals surface area (Å²) in [5.41, 5.74) is 2.50. The van der Waals surface area contributed by atoms with Crippen molar-refractivity contribution in [1.29, 1.82) is 0 Å². The minimum atomic E-state index is -0.395. The molecule has 0 atom stereocenters. The number of ether oxygens (including phenoxy) is 1. The Morgan fingerprint density at radius 3 is 2.71 bits per heavy atom. The normalized spacial score (nSPS) is 14.9. The van der Waals surface area contributed by atoms with Gasteiger partial charge in [0.2, 0.25) is 0 Å². The average Bonchev–Trinajstić information content (AvgIpc) is 2.74. The lowest BCUT2D eigenvalue weighted by atomic mass is 10.0. The molecule has 1 amide bonds. The molecule has 0 radical (unpaired) electrons. The number of carbonyl (C=O) groups excluding carboxylic acids is 1. The maximum atomic E-state index is 13.8. The minimum Gasteiger partial charge on any atom is -0.379 e. The number of nitrogens with zero attached hydrogens (tertiary/aromatic N) is 3. The second-order valence-electron chi connectivity index (χ2n) is 6.66. The van der Waals surface area contributed by atoms with Crippen LogP contribution >= 0.6 is 0 Å². The summed E-state index contributed by atoms with van der Waals surface area (Å²) in [5, 5.41) is 3.45. The number of hydrogen-bond acceptors (Lipinski definition) is 5. The van der Waals surface area contributed by atoms with Crippen LogP contribution in [0.2, 0.25) is 0 Å². The smallest absolute Gasteiger partial charge is 0.252 e. The van der Waals surface area contributed by atoms with Crippen molar-refractivity contribution >= 4 is 16.8 Å². The molecule has 0 saturated carbocycles. The van der Waals surface area contributed by atoms with Crippen LogP contribution < -0.4 is 5.32 Å². The minimum absolute atomic E-state index is 0.235. The lowest BCUT2D eigenvalue weighted by Crippen LogP contribution is -2.41. The van der Waals surface area contributed by atoms with Crippen LogP contribution in [-0.2, 0) is 4.74 Å². The molecule has 3 aromatic rings. The number of amides is 1. The molecule has 1 aromatic carbocycles. The molecule has 1 aliphatic rings. The molecule has 2 aromatic heterocycles. The van der Waals surface area contributed by atoms with Gasteiger partial charge in [-0.05, 0) is 36.4 Å². The number of benzene rings is 1. The zero-order valence-corrected chi connectivity index (χ0v) is 15.4. The van der Waals surface area contributed by atoms with E-state index in [9.17, 15) is 9.18 Å². The van der Waals surface area contributed by atoms with E-state index in [1.807, 2.05) is 12.1 Å². The number of fused-ring (bicyclic) bond motifs is 1. The van der Waals surface area contributed by atoms with Crippen molar-refractivity contribution in [3.8, 4) is 11.3 Å². The molecule has 0 unspecified atom stereocenters. The van der Waals surface area contributed by atoms with Crippen molar-refractivity contribution in [3.05, 3.63) is 60.2 Å². The van der Waals surface area contributed by atoms with Gasteiger partial charge in [-0.3, -0.25) is 14.7 Å². The zero-order valence-electron chi connectivity index (χ0n) is 15.4. The number of hydrogen-bond donors (Lipinski definition) is 1. The molecule has 1 N–H and O–H groups in total. The van der Waals surface area contributed by atoms with E-state index in [4.69, 9.17) is 4.74 Å². The third-order valence-corrected chi connectivity index (χ3v) is 4.81. The van der Waals surface area contributed by atoms with Gasteiger partial charge in [-0.25, -0.2) is 9.37 Å². The SMILES string of the molecule is O=C(NCCN1CCOCC1)c1cc(-c2ccncc2)nc2ccc(F)cc12. The number of morpholine rings is 1. The van der Waals surface area contributed by atoms with Crippen LogP contribution in [0.1, 0.15) is 10.4 Å². The molecule has 0 bridgehead atoms. The standard InChI is InChI=1S/C21H21FN4O2/c22-16-1-2-19-17(13-16)18(14-20(25-19)15-3-5-23-6-4-15)21(27)24-7-8-26-9-11-28-12-10-26/h1-6,13-14H,7-12H2,(H,24,27). The maximum absolute atomic E-state index is 13.8. The van der Waals surface area contributed by atoms with Gasteiger partial charge in [0, 0.05) is 49.5 Å². The van der Waals surface area contributed by atoms with Crippen LogP contribution in [0, 0.1) is 5.82 Å². The van der Waals surface area contributed by atoms with E-state index in [2.05, 4.69) is 20.2 Å². The number of nitrogens with one attached hydrogen (secondary N) is 1. The van der Waals surface area contributed by atoms with Gasteiger partial charge in [-0.2, -0.15) is 0 Å². The third kappa shape index (κ3) is 4.16. The summed E-state index contributed by atoms with van der Waals surface area (Å²) >= 11 is 0. The molecule has 1 fully saturated rings. The van der Waals surface area contributed by atoms with Crippen molar-refractivity contribution in [3.63, 3.8) is 0 Å². The summed E-state index contributed by atoms with van der Waals surface area (Å²) in [7, 11) is 0. The predicted molar refractivity (Wildman–Crippen MR) is 105 cm³/mol. The summed E-state index contributed by atoms with van der Waals surface area (Å²) in [4.78, 5) is 23.7. The first-order valence-electron chi connectivity index (χ1n) is 9.30. The van der Waals surface area contributed by atoms with Gasteiger partial charge in [0.25, 0.3) is 5.91 Å². The first-order chi connectivity index (χ1) is 13.7. The zero-order chi connectivity index (χ0) is 19.3. The molecule has 4 rings (SSSR count). The van der Waals surface area contributed by atoms with Gasteiger partial charge >= 0.3 is 0 Å². The number of rotatable bonds is 5. The lowest BCUT2D eigenvalue weighted by molar-refractivity contribution is 0.0383. The second-order valence-corrected chi connectivity index (χ2v) is 6.66. The van der Waals surface area contributed by atoms with Crippen molar-refractivity contribution in [2.24, 2.45) is 0 Å².